The number of amides is 4. The molecule has 4 rings (SSSR count). The Morgan fingerprint density at radius 3 is 2.67 bits per heavy atom. The molecule has 0 spiro atoms. The van der Waals surface area contributed by atoms with Gasteiger partial charge in [-0.05, 0) is 29.6 Å². The highest BCUT2D eigenvalue weighted by Gasteiger charge is 2.23. The summed E-state index contributed by atoms with van der Waals surface area (Å²) in [5, 5.41) is 7.85. The summed E-state index contributed by atoms with van der Waals surface area (Å²) in [5.41, 5.74) is 1.50. The van der Waals surface area contributed by atoms with E-state index < -0.39 is 0 Å². The van der Waals surface area contributed by atoms with E-state index in [4.69, 9.17) is 0 Å². The van der Waals surface area contributed by atoms with Crippen molar-refractivity contribution in [3.63, 3.8) is 0 Å². The van der Waals surface area contributed by atoms with Gasteiger partial charge in [0.1, 0.15) is 0 Å². The fourth-order valence-electron chi connectivity index (χ4n) is 3.40. The van der Waals surface area contributed by atoms with Gasteiger partial charge in [0, 0.05) is 62.1 Å². The van der Waals surface area contributed by atoms with Crippen LogP contribution < -0.4 is 15.5 Å². The standard InChI is InChI=1S/C19H23N5O2S/c25-18-20-6-7-24(18)16-4-1-3-15(13-16)21-19(26)23-10-8-22(9-11-23)14-17-5-2-12-27-17/h1-5,12-13H,6-11,14H2,(H,20,25)(H,21,26). The molecule has 142 valence electrons. The van der Waals surface area contributed by atoms with E-state index in [2.05, 4.69) is 33.0 Å². The molecule has 0 bridgehead atoms. The lowest BCUT2D eigenvalue weighted by Crippen LogP contribution is -2.49. The van der Waals surface area contributed by atoms with E-state index in [0.717, 1.165) is 25.3 Å². The highest BCUT2D eigenvalue weighted by molar-refractivity contribution is 7.09. The minimum absolute atomic E-state index is 0.0891. The van der Waals surface area contributed by atoms with Crippen LogP contribution in [-0.4, -0.2) is 61.1 Å². The predicted octanol–water partition coefficient (Wildman–Crippen LogP) is 2.63. The van der Waals surface area contributed by atoms with Crippen molar-refractivity contribution in [1.29, 1.82) is 0 Å². The second-order valence-corrected chi connectivity index (χ2v) is 7.74. The van der Waals surface area contributed by atoms with Crippen LogP contribution in [0.2, 0.25) is 0 Å². The van der Waals surface area contributed by atoms with E-state index in [0.29, 0.717) is 31.9 Å². The fourth-order valence-corrected chi connectivity index (χ4v) is 4.15. The van der Waals surface area contributed by atoms with Gasteiger partial charge in [-0.15, -0.1) is 11.3 Å². The third-order valence-electron chi connectivity index (χ3n) is 4.88. The molecule has 1 aromatic carbocycles. The maximum atomic E-state index is 12.6. The van der Waals surface area contributed by atoms with Gasteiger partial charge in [-0.25, -0.2) is 9.59 Å². The fraction of sp³-hybridized carbons (Fsp3) is 0.368. The molecule has 0 radical (unpaired) electrons. The number of thiophene rings is 1. The summed E-state index contributed by atoms with van der Waals surface area (Å²) in [6.45, 7) is 5.41. The Morgan fingerprint density at radius 1 is 1.11 bits per heavy atom. The molecule has 0 aliphatic carbocycles. The van der Waals surface area contributed by atoms with Gasteiger partial charge < -0.3 is 15.5 Å². The van der Waals surface area contributed by atoms with Gasteiger partial charge in [0.2, 0.25) is 0 Å². The zero-order valence-electron chi connectivity index (χ0n) is 15.1. The number of carbonyl (C=O) groups excluding carboxylic acids is 2. The van der Waals surface area contributed by atoms with Gasteiger partial charge in [-0.3, -0.25) is 9.80 Å². The molecule has 0 saturated carbocycles. The summed E-state index contributed by atoms with van der Waals surface area (Å²) in [5.74, 6) is 0. The number of hydrogen-bond acceptors (Lipinski definition) is 4. The lowest BCUT2D eigenvalue weighted by atomic mass is 10.2. The third kappa shape index (κ3) is 4.23. The van der Waals surface area contributed by atoms with Crippen LogP contribution in [0.25, 0.3) is 0 Å². The van der Waals surface area contributed by atoms with E-state index in [1.807, 2.05) is 29.2 Å². The smallest absolute Gasteiger partial charge is 0.321 e. The molecule has 8 heteroatoms. The number of hydrogen-bond donors (Lipinski definition) is 2. The SMILES string of the molecule is O=C(Nc1cccc(N2CCNC2=O)c1)N1CCN(Cc2cccs2)CC1. The molecule has 7 nitrogen and oxygen atoms in total. The summed E-state index contributed by atoms with van der Waals surface area (Å²) < 4.78 is 0. The number of anilines is 2. The minimum Gasteiger partial charge on any atom is -0.336 e. The Morgan fingerprint density at radius 2 is 1.96 bits per heavy atom. The number of carbonyl (C=O) groups is 2. The Kier molecular flexibility index (Phi) is 5.26. The molecule has 4 amide bonds. The molecular weight excluding hydrogens is 362 g/mol. The first-order valence-corrected chi connectivity index (χ1v) is 10.0. The molecule has 2 saturated heterocycles. The first-order valence-electron chi connectivity index (χ1n) is 9.15. The zero-order chi connectivity index (χ0) is 18.6. The number of urea groups is 2. The number of nitrogens with one attached hydrogen (secondary N) is 2. The second-order valence-electron chi connectivity index (χ2n) is 6.71. The van der Waals surface area contributed by atoms with Gasteiger partial charge >= 0.3 is 12.1 Å². The molecule has 2 aromatic rings. The van der Waals surface area contributed by atoms with Gasteiger partial charge in [-0.2, -0.15) is 0 Å². The Hall–Kier alpha value is -2.58. The summed E-state index contributed by atoms with van der Waals surface area (Å²) in [4.78, 5) is 31.7. The van der Waals surface area contributed by atoms with E-state index in [9.17, 15) is 9.59 Å². The van der Waals surface area contributed by atoms with Crippen molar-refractivity contribution in [2.45, 2.75) is 6.54 Å². The van der Waals surface area contributed by atoms with E-state index in [1.54, 1.807) is 16.2 Å². The van der Waals surface area contributed by atoms with Gasteiger partial charge in [0.25, 0.3) is 0 Å². The van der Waals surface area contributed by atoms with Crippen molar-refractivity contribution in [2.24, 2.45) is 0 Å². The summed E-state index contributed by atoms with van der Waals surface area (Å²) in [7, 11) is 0. The number of benzene rings is 1. The van der Waals surface area contributed by atoms with E-state index in [-0.39, 0.29) is 12.1 Å². The highest BCUT2D eigenvalue weighted by Crippen LogP contribution is 2.21. The maximum absolute atomic E-state index is 12.6. The van der Waals surface area contributed by atoms with Crippen molar-refractivity contribution in [2.75, 3.05) is 49.5 Å². The Bertz CT molecular complexity index is 802. The van der Waals surface area contributed by atoms with E-state index >= 15 is 0 Å². The zero-order valence-corrected chi connectivity index (χ0v) is 15.9. The van der Waals surface area contributed by atoms with Crippen molar-refractivity contribution in [3.8, 4) is 0 Å². The minimum atomic E-state index is -0.0969. The third-order valence-corrected chi connectivity index (χ3v) is 5.75. The molecule has 0 atom stereocenters. The van der Waals surface area contributed by atoms with Crippen molar-refractivity contribution < 1.29 is 9.59 Å². The average molecular weight is 385 g/mol. The van der Waals surface area contributed by atoms with Crippen molar-refractivity contribution in [1.82, 2.24) is 15.1 Å². The van der Waals surface area contributed by atoms with Crippen LogP contribution in [0.15, 0.2) is 41.8 Å². The van der Waals surface area contributed by atoms with Crippen LogP contribution in [0.4, 0.5) is 21.0 Å². The second kappa shape index (κ2) is 7.98. The first kappa shape index (κ1) is 17.8. The maximum Gasteiger partial charge on any atom is 0.321 e. The van der Waals surface area contributed by atoms with Crippen molar-refractivity contribution in [3.05, 3.63) is 46.7 Å². The molecule has 2 aliphatic heterocycles. The molecule has 2 fully saturated rings. The lowest BCUT2D eigenvalue weighted by molar-refractivity contribution is 0.143. The number of nitrogens with zero attached hydrogens (tertiary/aromatic N) is 3. The number of piperazine rings is 1. The molecule has 0 unspecified atom stereocenters. The molecule has 3 heterocycles. The van der Waals surface area contributed by atoms with Crippen LogP contribution in [0, 0.1) is 0 Å². The molecular formula is C19H23N5O2S. The van der Waals surface area contributed by atoms with Gasteiger partial charge in [0.05, 0.1) is 0 Å². The normalized spacial score (nSPS) is 17.9. The predicted molar refractivity (Wildman–Crippen MR) is 107 cm³/mol. The summed E-state index contributed by atoms with van der Waals surface area (Å²) >= 11 is 1.77. The average Bonchev–Trinajstić information content (AvgIpc) is 3.34. The topological polar surface area (TPSA) is 67.9 Å². The quantitative estimate of drug-likeness (QED) is 0.850. The number of rotatable bonds is 4. The Labute approximate surface area is 162 Å². The largest absolute Gasteiger partial charge is 0.336 e. The van der Waals surface area contributed by atoms with Crippen LogP contribution in [0.5, 0.6) is 0 Å². The molecule has 27 heavy (non-hydrogen) atoms. The summed E-state index contributed by atoms with van der Waals surface area (Å²) in [6.07, 6.45) is 0. The van der Waals surface area contributed by atoms with Gasteiger partial charge in [-0.1, -0.05) is 12.1 Å². The van der Waals surface area contributed by atoms with E-state index in [1.165, 1.54) is 4.88 Å². The summed E-state index contributed by atoms with van der Waals surface area (Å²) in [6, 6.07) is 11.5. The molecule has 1 aromatic heterocycles. The molecule has 2 N–H and O–H groups in total. The van der Waals surface area contributed by atoms with Crippen LogP contribution >= 0.6 is 11.3 Å². The lowest BCUT2D eigenvalue weighted by Gasteiger charge is -2.34. The highest BCUT2D eigenvalue weighted by atomic mass is 32.1. The monoisotopic (exact) mass is 385 g/mol. The van der Waals surface area contributed by atoms with Crippen LogP contribution in [0.3, 0.4) is 0 Å². The molecule has 2 aliphatic rings. The Balaban J connectivity index is 1.31. The van der Waals surface area contributed by atoms with Crippen LogP contribution in [0.1, 0.15) is 4.88 Å². The van der Waals surface area contributed by atoms with Crippen molar-refractivity contribution >= 4 is 34.8 Å². The van der Waals surface area contributed by atoms with Crippen LogP contribution in [-0.2, 0) is 6.54 Å². The van der Waals surface area contributed by atoms with Gasteiger partial charge in [0.15, 0.2) is 0 Å². The first-order chi connectivity index (χ1) is 13.2.